The quantitative estimate of drug-likeness (QED) is 0.688. The highest BCUT2D eigenvalue weighted by atomic mass is 127. The highest BCUT2D eigenvalue weighted by Gasteiger charge is 2.11. The van der Waals surface area contributed by atoms with Crippen molar-refractivity contribution >= 4 is 28.6 Å². The van der Waals surface area contributed by atoms with E-state index in [2.05, 4.69) is 32.8 Å². The van der Waals surface area contributed by atoms with Crippen LogP contribution in [-0.4, -0.2) is 21.3 Å². The Balaban J connectivity index is 1.90. The molecular weight excluding hydrogens is 383 g/mol. The van der Waals surface area contributed by atoms with Gasteiger partial charge in [0.15, 0.2) is 0 Å². The Morgan fingerprint density at radius 1 is 0.905 bits per heavy atom. The maximum Gasteiger partial charge on any atom is 0.335 e. The smallest absolute Gasteiger partial charge is 0.335 e. The van der Waals surface area contributed by atoms with Crippen LogP contribution in [0.5, 0.6) is 0 Å². The maximum atomic E-state index is 10.8. The Hall–Kier alpha value is -2.22. The second kappa shape index (κ2) is 5.65. The normalized spacial score (nSPS) is 10.5. The third-order valence-electron chi connectivity index (χ3n) is 2.89. The molecule has 5 nitrogen and oxygen atoms in total. The zero-order chi connectivity index (χ0) is 14.8. The van der Waals surface area contributed by atoms with Gasteiger partial charge in [-0.2, -0.15) is 0 Å². The number of halogens is 1. The largest absolute Gasteiger partial charge is 0.478 e. The number of hydrogen-bond acceptors (Lipinski definition) is 4. The zero-order valence-electron chi connectivity index (χ0n) is 10.7. The Labute approximate surface area is 133 Å². The van der Waals surface area contributed by atoms with Crippen LogP contribution in [0.2, 0.25) is 0 Å². The summed E-state index contributed by atoms with van der Waals surface area (Å²) in [5.41, 5.74) is 1.75. The third-order valence-corrected chi connectivity index (χ3v) is 3.61. The van der Waals surface area contributed by atoms with Crippen molar-refractivity contribution in [1.82, 2.24) is 10.2 Å². The Morgan fingerprint density at radius 2 is 1.38 bits per heavy atom. The second-order valence-electron chi connectivity index (χ2n) is 4.30. The molecule has 0 aliphatic heterocycles. The van der Waals surface area contributed by atoms with E-state index < -0.39 is 5.97 Å². The van der Waals surface area contributed by atoms with Crippen LogP contribution in [0.15, 0.2) is 52.9 Å². The van der Waals surface area contributed by atoms with Crippen molar-refractivity contribution in [2.75, 3.05) is 0 Å². The van der Waals surface area contributed by atoms with Crippen molar-refractivity contribution in [3.63, 3.8) is 0 Å². The van der Waals surface area contributed by atoms with Crippen molar-refractivity contribution in [2.45, 2.75) is 0 Å². The van der Waals surface area contributed by atoms with Gasteiger partial charge in [-0.25, -0.2) is 4.79 Å². The summed E-state index contributed by atoms with van der Waals surface area (Å²) in [4.78, 5) is 10.8. The van der Waals surface area contributed by atoms with Gasteiger partial charge in [0.1, 0.15) is 0 Å². The Bertz CT molecular complexity index is 779. The van der Waals surface area contributed by atoms with E-state index in [9.17, 15) is 4.79 Å². The van der Waals surface area contributed by atoms with Crippen LogP contribution in [0.1, 0.15) is 10.4 Å². The van der Waals surface area contributed by atoms with Crippen molar-refractivity contribution < 1.29 is 14.3 Å². The van der Waals surface area contributed by atoms with Crippen LogP contribution in [0.3, 0.4) is 0 Å². The molecule has 21 heavy (non-hydrogen) atoms. The first-order valence-electron chi connectivity index (χ1n) is 6.06. The number of carbonyl (C=O) groups is 1. The minimum absolute atomic E-state index is 0.219. The molecule has 1 N–H and O–H groups in total. The van der Waals surface area contributed by atoms with E-state index in [0.29, 0.717) is 17.3 Å². The number of aromatic nitrogens is 2. The number of aromatic carboxylic acids is 1. The molecule has 3 aromatic rings. The summed E-state index contributed by atoms with van der Waals surface area (Å²) in [5, 5.41) is 16.9. The van der Waals surface area contributed by atoms with Crippen LogP contribution in [-0.2, 0) is 0 Å². The van der Waals surface area contributed by atoms with Gasteiger partial charge in [0, 0.05) is 14.7 Å². The van der Waals surface area contributed by atoms with Gasteiger partial charge in [0.2, 0.25) is 11.8 Å². The first-order valence-corrected chi connectivity index (χ1v) is 7.14. The number of carboxylic acid groups (broad SMARTS) is 1. The molecule has 0 saturated carbocycles. The van der Waals surface area contributed by atoms with Crippen LogP contribution < -0.4 is 0 Å². The van der Waals surface area contributed by atoms with Crippen molar-refractivity contribution in [1.29, 1.82) is 0 Å². The fraction of sp³-hybridized carbons (Fsp3) is 0. The molecule has 0 amide bonds. The van der Waals surface area contributed by atoms with Gasteiger partial charge in [-0.3, -0.25) is 0 Å². The lowest BCUT2D eigenvalue weighted by molar-refractivity contribution is 0.0697. The molecule has 0 bridgehead atoms. The summed E-state index contributed by atoms with van der Waals surface area (Å²) in [7, 11) is 0. The Kier molecular flexibility index (Phi) is 3.70. The molecule has 104 valence electrons. The fourth-order valence-electron chi connectivity index (χ4n) is 1.80. The van der Waals surface area contributed by atoms with Crippen molar-refractivity contribution in [2.24, 2.45) is 0 Å². The monoisotopic (exact) mass is 392 g/mol. The van der Waals surface area contributed by atoms with Gasteiger partial charge >= 0.3 is 5.97 Å². The number of benzene rings is 2. The van der Waals surface area contributed by atoms with E-state index >= 15 is 0 Å². The minimum Gasteiger partial charge on any atom is -0.478 e. The predicted molar refractivity (Wildman–Crippen MR) is 84.8 cm³/mol. The summed E-state index contributed by atoms with van der Waals surface area (Å²) in [6.45, 7) is 0. The molecule has 0 aliphatic carbocycles. The topological polar surface area (TPSA) is 76.2 Å². The SMILES string of the molecule is O=C(O)c1ccc(-c2nnc(-c3ccc(I)cc3)o2)cc1. The third kappa shape index (κ3) is 2.94. The highest BCUT2D eigenvalue weighted by Crippen LogP contribution is 2.24. The van der Waals surface area contributed by atoms with Crippen LogP contribution in [0.25, 0.3) is 22.9 Å². The lowest BCUT2D eigenvalue weighted by Crippen LogP contribution is -1.94. The summed E-state index contributed by atoms with van der Waals surface area (Å²) in [6.07, 6.45) is 0. The van der Waals surface area contributed by atoms with E-state index in [4.69, 9.17) is 9.52 Å². The molecule has 6 heteroatoms. The number of nitrogens with zero attached hydrogens (tertiary/aromatic N) is 2. The van der Waals surface area contributed by atoms with Gasteiger partial charge in [-0.15, -0.1) is 10.2 Å². The molecule has 3 rings (SSSR count). The number of hydrogen-bond donors (Lipinski definition) is 1. The van der Waals surface area contributed by atoms with Gasteiger partial charge in [-0.1, -0.05) is 0 Å². The molecule has 0 saturated heterocycles. The highest BCUT2D eigenvalue weighted by molar-refractivity contribution is 14.1. The van der Waals surface area contributed by atoms with Crippen LogP contribution >= 0.6 is 22.6 Å². The molecule has 0 fully saturated rings. The van der Waals surface area contributed by atoms with Crippen LogP contribution in [0, 0.1) is 3.57 Å². The summed E-state index contributed by atoms with van der Waals surface area (Å²) >= 11 is 2.22. The average molecular weight is 392 g/mol. The molecule has 1 heterocycles. The lowest BCUT2D eigenvalue weighted by Gasteiger charge is -1.97. The van der Waals surface area contributed by atoms with Gasteiger partial charge < -0.3 is 9.52 Å². The van der Waals surface area contributed by atoms with Crippen LogP contribution in [0.4, 0.5) is 0 Å². The molecule has 0 unspecified atom stereocenters. The molecule has 0 atom stereocenters. The van der Waals surface area contributed by atoms with E-state index in [0.717, 1.165) is 9.13 Å². The maximum absolute atomic E-state index is 10.8. The van der Waals surface area contributed by atoms with Crippen molar-refractivity contribution in [3.05, 3.63) is 57.7 Å². The first kappa shape index (κ1) is 13.7. The van der Waals surface area contributed by atoms with E-state index in [1.54, 1.807) is 12.1 Å². The molecule has 0 spiro atoms. The fourth-order valence-corrected chi connectivity index (χ4v) is 2.16. The minimum atomic E-state index is -0.966. The molecule has 1 aromatic heterocycles. The standard InChI is InChI=1S/C15H9IN2O3/c16-12-7-5-10(6-8-12)14-18-17-13(21-14)9-1-3-11(4-2-9)15(19)20/h1-8H,(H,19,20). The van der Waals surface area contributed by atoms with E-state index in [1.165, 1.54) is 12.1 Å². The van der Waals surface area contributed by atoms with E-state index in [1.807, 2.05) is 24.3 Å². The van der Waals surface area contributed by atoms with Gasteiger partial charge in [0.05, 0.1) is 5.56 Å². The molecule has 2 aromatic carbocycles. The summed E-state index contributed by atoms with van der Waals surface area (Å²) < 4.78 is 6.75. The average Bonchev–Trinajstić information content (AvgIpc) is 2.98. The summed E-state index contributed by atoms with van der Waals surface area (Å²) in [6, 6.07) is 14.0. The molecule has 0 radical (unpaired) electrons. The number of rotatable bonds is 3. The Morgan fingerprint density at radius 3 is 1.86 bits per heavy atom. The first-order chi connectivity index (χ1) is 10.1. The van der Waals surface area contributed by atoms with E-state index in [-0.39, 0.29) is 5.56 Å². The van der Waals surface area contributed by atoms with Gasteiger partial charge in [-0.05, 0) is 71.1 Å². The van der Waals surface area contributed by atoms with Crippen molar-refractivity contribution in [3.8, 4) is 22.9 Å². The molecule has 0 aliphatic rings. The lowest BCUT2D eigenvalue weighted by atomic mass is 10.1. The van der Waals surface area contributed by atoms with Gasteiger partial charge in [0.25, 0.3) is 0 Å². The zero-order valence-corrected chi connectivity index (χ0v) is 12.8. The molecular formula is C15H9IN2O3. The second-order valence-corrected chi connectivity index (χ2v) is 5.55. The summed E-state index contributed by atoms with van der Waals surface area (Å²) in [5.74, 6) is -0.171. The predicted octanol–water partition coefficient (Wildman–Crippen LogP) is 3.71. The number of carboxylic acids is 1.